The van der Waals surface area contributed by atoms with E-state index in [0.29, 0.717) is 0 Å². The first-order chi connectivity index (χ1) is 10.9. The number of ether oxygens (including phenoxy) is 3. The second kappa shape index (κ2) is 8.62. The lowest BCUT2D eigenvalue weighted by Gasteiger charge is -2.13. The Hall–Kier alpha value is -2.77. The molecule has 0 atom stereocenters. The number of carbonyl (C=O) groups excluding carboxylic acids is 3. The molecule has 23 heavy (non-hydrogen) atoms. The number of nitrogens with zero attached hydrogens (tertiary/aromatic N) is 1. The zero-order valence-corrected chi connectivity index (χ0v) is 13.5. The second-order valence-electron chi connectivity index (χ2n) is 4.68. The number of benzene rings is 1. The predicted molar refractivity (Wildman–Crippen MR) is 81.5 cm³/mol. The Kier molecular flexibility index (Phi) is 6.85. The van der Waals surface area contributed by atoms with Gasteiger partial charge in [-0.05, 0) is 12.1 Å². The third kappa shape index (κ3) is 5.17. The van der Waals surface area contributed by atoms with E-state index in [4.69, 9.17) is 14.2 Å². The van der Waals surface area contributed by atoms with E-state index in [2.05, 4.69) is 5.32 Å². The van der Waals surface area contributed by atoms with E-state index in [1.54, 1.807) is 32.3 Å². The fourth-order valence-corrected chi connectivity index (χ4v) is 1.64. The summed E-state index contributed by atoms with van der Waals surface area (Å²) in [4.78, 5) is 36.4. The SMILES string of the molecule is COc1cccc(OC)c1C(=O)OCC(=O)NCC(=O)N(C)C. The summed E-state index contributed by atoms with van der Waals surface area (Å²) < 4.78 is 15.1. The summed E-state index contributed by atoms with van der Waals surface area (Å²) in [6, 6.07) is 4.82. The van der Waals surface area contributed by atoms with Crippen LogP contribution in [0.5, 0.6) is 11.5 Å². The number of likely N-dealkylation sites (N-methyl/N-ethyl adjacent to an activating group) is 1. The molecule has 8 nitrogen and oxygen atoms in total. The fourth-order valence-electron chi connectivity index (χ4n) is 1.64. The molecule has 0 aromatic heterocycles. The van der Waals surface area contributed by atoms with Gasteiger partial charge in [0, 0.05) is 14.1 Å². The predicted octanol–water partition coefficient (Wildman–Crippen LogP) is 0.0650. The molecule has 1 aromatic rings. The summed E-state index contributed by atoms with van der Waals surface area (Å²) in [6.07, 6.45) is 0. The van der Waals surface area contributed by atoms with Crippen LogP contribution in [0.25, 0.3) is 0 Å². The van der Waals surface area contributed by atoms with E-state index < -0.39 is 18.5 Å². The largest absolute Gasteiger partial charge is 0.496 e. The van der Waals surface area contributed by atoms with Gasteiger partial charge in [-0.3, -0.25) is 9.59 Å². The molecule has 0 fully saturated rings. The van der Waals surface area contributed by atoms with Crippen molar-refractivity contribution >= 4 is 17.8 Å². The van der Waals surface area contributed by atoms with Crippen molar-refractivity contribution in [1.82, 2.24) is 10.2 Å². The Balaban J connectivity index is 2.64. The van der Waals surface area contributed by atoms with Crippen LogP contribution in [0, 0.1) is 0 Å². The minimum Gasteiger partial charge on any atom is -0.496 e. The smallest absolute Gasteiger partial charge is 0.346 e. The quantitative estimate of drug-likeness (QED) is 0.713. The molecule has 8 heteroatoms. The van der Waals surface area contributed by atoms with Crippen LogP contribution in [0.4, 0.5) is 0 Å². The number of nitrogens with one attached hydrogen (secondary N) is 1. The molecule has 126 valence electrons. The highest BCUT2D eigenvalue weighted by atomic mass is 16.5. The van der Waals surface area contributed by atoms with Gasteiger partial charge in [-0.1, -0.05) is 6.07 Å². The molecule has 0 aliphatic heterocycles. The first-order valence-corrected chi connectivity index (χ1v) is 6.75. The van der Waals surface area contributed by atoms with Crippen molar-refractivity contribution < 1.29 is 28.6 Å². The van der Waals surface area contributed by atoms with Gasteiger partial charge in [-0.15, -0.1) is 0 Å². The second-order valence-corrected chi connectivity index (χ2v) is 4.68. The summed E-state index contributed by atoms with van der Waals surface area (Å²) in [7, 11) is 5.96. The third-order valence-electron chi connectivity index (χ3n) is 2.90. The Morgan fingerprint density at radius 2 is 1.65 bits per heavy atom. The van der Waals surface area contributed by atoms with Gasteiger partial charge in [0.2, 0.25) is 5.91 Å². The van der Waals surface area contributed by atoms with Gasteiger partial charge in [-0.25, -0.2) is 4.79 Å². The van der Waals surface area contributed by atoms with Crippen molar-refractivity contribution in [3.8, 4) is 11.5 Å². The molecule has 0 saturated carbocycles. The number of rotatable bonds is 7. The molecule has 1 rings (SSSR count). The summed E-state index contributed by atoms with van der Waals surface area (Å²) >= 11 is 0. The van der Waals surface area contributed by atoms with Crippen LogP contribution < -0.4 is 14.8 Å². The minimum absolute atomic E-state index is 0.0923. The van der Waals surface area contributed by atoms with Gasteiger partial charge < -0.3 is 24.4 Å². The maximum atomic E-state index is 12.1. The van der Waals surface area contributed by atoms with Crippen molar-refractivity contribution in [3.63, 3.8) is 0 Å². The lowest BCUT2D eigenvalue weighted by Crippen LogP contribution is -2.38. The highest BCUT2D eigenvalue weighted by molar-refractivity contribution is 5.97. The van der Waals surface area contributed by atoms with E-state index in [1.807, 2.05) is 0 Å². The average Bonchev–Trinajstić information content (AvgIpc) is 2.56. The van der Waals surface area contributed by atoms with Crippen molar-refractivity contribution in [2.24, 2.45) is 0 Å². The molecule has 0 aliphatic carbocycles. The van der Waals surface area contributed by atoms with Gasteiger partial charge in [0.25, 0.3) is 5.91 Å². The number of carbonyl (C=O) groups is 3. The number of hydrogen-bond acceptors (Lipinski definition) is 6. The number of methoxy groups -OCH3 is 2. The van der Waals surface area contributed by atoms with Crippen molar-refractivity contribution in [2.75, 3.05) is 41.5 Å². The normalized spacial score (nSPS) is 9.74. The van der Waals surface area contributed by atoms with Gasteiger partial charge in [0.15, 0.2) is 6.61 Å². The standard InChI is InChI=1S/C15H20N2O6/c1-17(2)13(19)8-16-12(18)9-23-15(20)14-10(21-3)6-5-7-11(14)22-4/h5-7H,8-9H2,1-4H3,(H,16,18). The van der Waals surface area contributed by atoms with Gasteiger partial charge in [0.05, 0.1) is 20.8 Å². The Bertz CT molecular complexity index is 563. The van der Waals surface area contributed by atoms with Crippen molar-refractivity contribution in [3.05, 3.63) is 23.8 Å². The molecule has 0 radical (unpaired) electrons. The Morgan fingerprint density at radius 3 is 2.13 bits per heavy atom. The van der Waals surface area contributed by atoms with Crippen LogP contribution in [0.15, 0.2) is 18.2 Å². The van der Waals surface area contributed by atoms with Crippen LogP contribution in [0.2, 0.25) is 0 Å². The molecule has 0 saturated heterocycles. The topological polar surface area (TPSA) is 94.2 Å². The van der Waals surface area contributed by atoms with Crippen molar-refractivity contribution in [2.45, 2.75) is 0 Å². The van der Waals surface area contributed by atoms with Gasteiger partial charge in [-0.2, -0.15) is 0 Å². The van der Waals surface area contributed by atoms with Crippen LogP contribution in [-0.4, -0.2) is 64.2 Å². The molecule has 1 N–H and O–H groups in total. The van der Waals surface area contributed by atoms with Gasteiger partial charge >= 0.3 is 5.97 Å². The molecule has 2 amide bonds. The summed E-state index contributed by atoms with van der Waals surface area (Å²) in [5.41, 5.74) is 0.0923. The third-order valence-corrected chi connectivity index (χ3v) is 2.90. The lowest BCUT2D eigenvalue weighted by molar-refractivity contribution is -0.131. The van der Waals surface area contributed by atoms with E-state index in [0.717, 1.165) is 0 Å². The Labute approximate surface area is 134 Å². The van der Waals surface area contributed by atoms with Crippen LogP contribution in [0.1, 0.15) is 10.4 Å². The summed E-state index contributed by atoms with van der Waals surface area (Å²) in [5, 5.41) is 2.36. The van der Waals surface area contributed by atoms with E-state index in [-0.39, 0.29) is 29.5 Å². The van der Waals surface area contributed by atoms with Crippen LogP contribution in [-0.2, 0) is 14.3 Å². The molecule has 0 unspecified atom stereocenters. The van der Waals surface area contributed by atoms with Gasteiger partial charge in [0.1, 0.15) is 17.1 Å². The fraction of sp³-hybridized carbons (Fsp3) is 0.400. The monoisotopic (exact) mass is 324 g/mol. The first kappa shape index (κ1) is 18.3. The van der Waals surface area contributed by atoms with Crippen LogP contribution in [0.3, 0.4) is 0 Å². The molecule has 0 bridgehead atoms. The maximum Gasteiger partial charge on any atom is 0.346 e. The molecule has 0 aliphatic rings. The zero-order chi connectivity index (χ0) is 17.4. The maximum absolute atomic E-state index is 12.1. The van der Waals surface area contributed by atoms with E-state index >= 15 is 0 Å². The van der Waals surface area contributed by atoms with Crippen LogP contribution >= 0.6 is 0 Å². The first-order valence-electron chi connectivity index (χ1n) is 6.75. The summed E-state index contributed by atoms with van der Waals surface area (Å²) in [6.45, 7) is -0.678. The van der Waals surface area contributed by atoms with E-state index in [9.17, 15) is 14.4 Å². The highest BCUT2D eigenvalue weighted by Crippen LogP contribution is 2.28. The minimum atomic E-state index is -0.756. The van der Waals surface area contributed by atoms with Crippen molar-refractivity contribution in [1.29, 1.82) is 0 Å². The number of hydrogen-bond donors (Lipinski definition) is 1. The average molecular weight is 324 g/mol. The number of esters is 1. The number of amides is 2. The molecule has 0 heterocycles. The Morgan fingerprint density at radius 1 is 1.09 bits per heavy atom. The van der Waals surface area contributed by atoms with E-state index in [1.165, 1.54) is 19.1 Å². The lowest BCUT2D eigenvalue weighted by atomic mass is 10.2. The molecular weight excluding hydrogens is 304 g/mol. The molecule has 1 aromatic carbocycles. The molecular formula is C15H20N2O6. The zero-order valence-electron chi connectivity index (χ0n) is 13.5. The molecule has 0 spiro atoms. The summed E-state index contributed by atoms with van der Waals surface area (Å²) in [5.74, 6) is -1.05. The highest BCUT2D eigenvalue weighted by Gasteiger charge is 2.20.